The highest BCUT2D eigenvalue weighted by atomic mass is 17.2. The molecule has 0 saturated carbocycles. The summed E-state index contributed by atoms with van der Waals surface area (Å²) >= 11 is 0. The Morgan fingerprint density at radius 3 is 2.46 bits per heavy atom. The van der Waals surface area contributed by atoms with Gasteiger partial charge in [0.05, 0.1) is 6.61 Å². The van der Waals surface area contributed by atoms with Crippen molar-refractivity contribution in [1.29, 1.82) is 0 Å². The zero-order valence-electron chi connectivity index (χ0n) is 13.8. The van der Waals surface area contributed by atoms with E-state index in [1.54, 1.807) is 6.07 Å². The van der Waals surface area contributed by atoms with Crippen molar-refractivity contribution in [3.05, 3.63) is 42.0 Å². The summed E-state index contributed by atoms with van der Waals surface area (Å²) in [6.07, 6.45) is -7.05. The first kappa shape index (κ1) is 17.6. The molecule has 2 aromatic rings. The predicted molar refractivity (Wildman–Crippen MR) is 88.1 cm³/mol. The summed E-state index contributed by atoms with van der Waals surface area (Å²) in [4.78, 5) is 9.98. The van der Waals surface area contributed by atoms with Crippen LogP contribution in [0.4, 0.5) is 0 Å². The number of aliphatic hydroxyl groups excluding tert-OH is 4. The van der Waals surface area contributed by atoms with Crippen LogP contribution in [0.15, 0.2) is 36.4 Å². The van der Waals surface area contributed by atoms with Gasteiger partial charge < -0.3 is 29.9 Å². The van der Waals surface area contributed by atoms with E-state index in [0.29, 0.717) is 12.4 Å². The van der Waals surface area contributed by atoms with E-state index < -0.39 is 37.3 Å². The van der Waals surface area contributed by atoms with Crippen LogP contribution in [-0.4, -0.2) is 64.3 Å². The largest absolute Gasteiger partial charge is 0.462 e. The number of fused-ring (bicyclic) bond motifs is 1. The SMILES string of the molecule is OC[C@H]1O[C@@H](Oc2ccc3ccccc3c2C2COO2)[C@H](O)[C@@H](O)[C@H]1O. The van der Waals surface area contributed by atoms with E-state index in [1.807, 2.05) is 30.3 Å². The Hall–Kier alpha value is -1.78. The van der Waals surface area contributed by atoms with Gasteiger partial charge in [-0.25, -0.2) is 9.78 Å². The molecule has 0 spiro atoms. The highest BCUT2D eigenvalue weighted by Crippen LogP contribution is 2.39. The van der Waals surface area contributed by atoms with Crippen LogP contribution < -0.4 is 4.74 Å². The highest BCUT2D eigenvalue weighted by molar-refractivity contribution is 5.88. The second kappa shape index (κ2) is 7.09. The van der Waals surface area contributed by atoms with E-state index >= 15 is 0 Å². The number of hydrogen-bond acceptors (Lipinski definition) is 8. The van der Waals surface area contributed by atoms with Crippen molar-refractivity contribution in [3.8, 4) is 5.75 Å². The molecule has 2 aliphatic rings. The van der Waals surface area contributed by atoms with Crippen LogP contribution in [0, 0.1) is 0 Å². The molecular weight excluding hydrogens is 344 g/mol. The van der Waals surface area contributed by atoms with Gasteiger partial charge in [-0.2, -0.15) is 0 Å². The maximum Gasteiger partial charge on any atom is 0.229 e. The smallest absolute Gasteiger partial charge is 0.229 e. The Balaban J connectivity index is 1.68. The van der Waals surface area contributed by atoms with Crippen molar-refractivity contribution in [1.82, 2.24) is 0 Å². The lowest BCUT2D eigenvalue weighted by Gasteiger charge is -2.40. The molecule has 0 radical (unpaired) electrons. The van der Waals surface area contributed by atoms with Gasteiger partial charge in [-0.1, -0.05) is 30.3 Å². The molecule has 0 bridgehead atoms. The highest BCUT2D eigenvalue weighted by Gasteiger charge is 2.45. The molecule has 4 rings (SSSR count). The molecule has 0 aliphatic carbocycles. The van der Waals surface area contributed by atoms with Crippen molar-refractivity contribution in [2.75, 3.05) is 13.2 Å². The number of rotatable bonds is 4. The topological polar surface area (TPSA) is 118 Å². The average molecular weight is 364 g/mol. The van der Waals surface area contributed by atoms with Crippen molar-refractivity contribution < 1.29 is 39.7 Å². The molecule has 0 aromatic heterocycles. The number of ether oxygens (including phenoxy) is 2. The molecule has 26 heavy (non-hydrogen) atoms. The van der Waals surface area contributed by atoms with Gasteiger partial charge in [-0.05, 0) is 16.8 Å². The van der Waals surface area contributed by atoms with Gasteiger partial charge in [0.1, 0.15) is 42.9 Å². The van der Waals surface area contributed by atoms with Crippen LogP contribution in [0.3, 0.4) is 0 Å². The quantitative estimate of drug-likeness (QED) is 0.561. The molecule has 140 valence electrons. The second-order valence-electron chi connectivity index (χ2n) is 6.38. The Morgan fingerprint density at radius 1 is 1.00 bits per heavy atom. The zero-order chi connectivity index (χ0) is 18.3. The molecule has 4 N–H and O–H groups in total. The summed E-state index contributed by atoms with van der Waals surface area (Å²) in [5.41, 5.74) is 0.742. The summed E-state index contributed by atoms with van der Waals surface area (Å²) in [5, 5.41) is 41.2. The summed E-state index contributed by atoms with van der Waals surface area (Å²) in [5.74, 6) is 0.404. The van der Waals surface area contributed by atoms with Gasteiger partial charge in [0.2, 0.25) is 6.29 Å². The van der Waals surface area contributed by atoms with Crippen molar-refractivity contribution >= 4 is 10.8 Å². The predicted octanol–water partition coefficient (Wildman–Crippen LogP) is 0.0214. The fraction of sp³-hybridized carbons (Fsp3) is 0.444. The molecule has 1 unspecified atom stereocenters. The van der Waals surface area contributed by atoms with Crippen LogP contribution in [0.2, 0.25) is 0 Å². The Labute approximate surface area is 149 Å². The lowest BCUT2D eigenvalue weighted by molar-refractivity contribution is -0.429. The molecule has 0 amide bonds. The summed E-state index contributed by atoms with van der Waals surface area (Å²) in [7, 11) is 0. The Bertz CT molecular complexity index is 775. The molecule has 2 saturated heterocycles. The Kier molecular flexibility index (Phi) is 4.80. The van der Waals surface area contributed by atoms with Crippen molar-refractivity contribution in [3.63, 3.8) is 0 Å². The van der Waals surface area contributed by atoms with Gasteiger partial charge in [0.15, 0.2) is 0 Å². The van der Waals surface area contributed by atoms with Crippen LogP contribution in [0.5, 0.6) is 5.75 Å². The third-order valence-corrected chi connectivity index (χ3v) is 4.75. The molecule has 2 heterocycles. The van der Waals surface area contributed by atoms with Gasteiger partial charge in [-0.3, -0.25) is 0 Å². The van der Waals surface area contributed by atoms with E-state index in [-0.39, 0.29) is 6.10 Å². The van der Waals surface area contributed by atoms with Crippen LogP contribution >= 0.6 is 0 Å². The first-order valence-corrected chi connectivity index (χ1v) is 8.37. The van der Waals surface area contributed by atoms with Gasteiger partial charge >= 0.3 is 0 Å². The van der Waals surface area contributed by atoms with Crippen LogP contribution in [0.25, 0.3) is 10.8 Å². The third-order valence-electron chi connectivity index (χ3n) is 4.75. The molecule has 8 nitrogen and oxygen atoms in total. The standard InChI is InChI=1S/C18H20O8/c19-7-12-15(20)16(21)17(22)18(25-12)24-11-6-5-9-3-1-2-4-10(9)14(11)13-8-23-26-13/h1-6,12-13,15-22H,7-8H2/t12-,13?,15+,16+,17-,18-/m1/s1. The summed E-state index contributed by atoms with van der Waals surface area (Å²) < 4.78 is 11.3. The minimum Gasteiger partial charge on any atom is -0.462 e. The van der Waals surface area contributed by atoms with E-state index in [1.165, 1.54) is 0 Å². The molecular formula is C18H20O8. The van der Waals surface area contributed by atoms with Crippen LogP contribution in [-0.2, 0) is 14.5 Å². The number of benzene rings is 2. The van der Waals surface area contributed by atoms with E-state index in [0.717, 1.165) is 16.3 Å². The summed E-state index contributed by atoms with van der Waals surface area (Å²) in [6, 6.07) is 11.3. The number of aliphatic hydroxyl groups is 4. The third kappa shape index (κ3) is 2.95. The molecule has 6 atom stereocenters. The fourth-order valence-corrected chi connectivity index (χ4v) is 3.27. The lowest BCUT2D eigenvalue weighted by Crippen LogP contribution is -2.60. The first-order valence-electron chi connectivity index (χ1n) is 8.37. The van der Waals surface area contributed by atoms with E-state index in [2.05, 4.69) is 0 Å². The molecule has 2 aliphatic heterocycles. The van der Waals surface area contributed by atoms with E-state index in [9.17, 15) is 20.4 Å². The average Bonchev–Trinajstić information content (AvgIpc) is 2.62. The fourth-order valence-electron chi connectivity index (χ4n) is 3.27. The molecule has 2 fully saturated rings. The minimum atomic E-state index is -1.50. The van der Waals surface area contributed by atoms with Crippen molar-refractivity contribution in [2.45, 2.75) is 36.8 Å². The molecule has 8 heteroatoms. The molecule has 2 aromatic carbocycles. The first-order chi connectivity index (χ1) is 12.6. The van der Waals surface area contributed by atoms with Crippen molar-refractivity contribution in [2.24, 2.45) is 0 Å². The van der Waals surface area contributed by atoms with Gasteiger partial charge in [0, 0.05) is 5.56 Å². The zero-order valence-corrected chi connectivity index (χ0v) is 13.8. The maximum absolute atomic E-state index is 10.2. The van der Waals surface area contributed by atoms with Gasteiger partial charge in [0.25, 0.3) is 0 Å². The summed E-state index contributed by atoms with van der Waals surface area (Å²) in [6.45, 7) is -0.159. The monoisotopic (exact) mass is 364 g/mol. The van der Waals surface area contributed by atoms with E-state index in [4.69, 9.17) is 19.2 Å². The van der Waals surface area contributed by atoms with Crippen LogP contribution in [0.1, 0.15) is 11.7 Å². The van der Waals surface area contributed by atoms with Gasteiger partial charge in [-0.15, -0.1) is 0 Å². The Morgan fingerprint density at radius 2 is 1.77 bits per heavy atom. The minimum absolute atomic E-state index is 0.332. The number of hydrogen-bond donors (Lipinski definition) is 4. The normalized spacial score (nSPS) is 34.5. The maximum atomic E-state index is 10.2. The second-order valence-corrected chi connectivity index (χ2v) is 6.38. The lowest BCUT2D eigenvalue weighted by atomic mass is 9.98.